The van der Waals surface area contributed by atoms with Gasteiger partial charge in [0.15, 0.2) is 5.11 Å². The first-order valence-electron chi connectivity index (χ1n) is 5.05. The van der Waals surface area contributed by atoms with Gasteiger partial charge in [-0.25, -0.2) is 4.98 Å². The third-order valence-corrected chi connectivity index (χ3v) is 2.18. The number of nitrogen functional groups attached to an aromatic ring is 1. The highest BCUT2D eigenvalue weighted by molar-refractivity contribution is 7.80. The van der Waals surface area contributed by atoms with Gasteiger partial charge < -0.3 is 11.5 Å². The molecule has 0 aliphatic rings. The summed E-state index contributed by atoms with van der Waals surface area (Å²) in [5.74, 6) is 0.143. The third kappa shape index (κ3) is 4.20. The predicted octanol–water partition coefficient (Wildman–Crippen LogP) is 0.599. The lowest BCUT2D eigenvalue weighted by Gasteiger charge is -2.02. The number of aromatic nitrogens is 1. The number of hydrogen-bond acceptors (Lipinski definition) is 4. The number of aryl methyl sites for hydroxylation is 1. The highest BCUT2D eigenvalue weighted by atomic mass is 32.1. The summed E-state index contributed by atoms with van der Waals surface area (Å²) in [6.07, 6.45) is 5.35. The molecular formula is C11H14N4OS. The van der Waals surface area contributed by atoms with Crippen LogP contribution in [0.4, 0.5) is 5.82 Å². The van der Waals surface area contributed by atoms with Crippen molar-refractivity contribution in [3.63, 3.8) is 0 Å². The van der Waals surface area contributed by atoms with Crippen LogP contribution in [0.15, 0.2) is 18.3 Å². The molecule has 1 rings (SSSR count). The molecule has 0 aliphatic heterocycles. The Morgan fingerprint density at radius 3 is 2.94 bits per heavy atom. The van der Waals surface area contributed by atoms with Crippen LogP contribution in [-0.2, 0) is 11.2 Å². The van der Waals surface area contributed by atoms with E-state index in [1.165, 1.54) is 6.08 Å². The molecular weight excluding hydrogens is 236 g/mol. The van der Waals surface area contributed by atoms with Crippen molar-refractivity contribution in [2.75, 3.05) is 5.73 Å². The summed E-state index contributed by atoms with van der Waals surface area (Å²) in [6, 6.07) is 1.88. The Morgan fingerprint density at radius 1 is 1.65 bits per heavy atom. The van der Waals surface area contributed by atoms with Crippen LogP contribution in [0.25, 0.3) is 6.08 Å². The van der Waals surface area contributed by atoms with Crippen LogP contribution in [0.5, 0.6) is 0 Å². The van der Waals surface area contributed by atoms with Gasteiger partial charge in [-0.2, -0.15) is 0 Å². The number of carbonyl (C=O) groups is 1. The summed E-state index contributed by atoms with van der Waals surface area (Å²) >= 11 is 4.54. The van der Waals surface area contributed by atoms with Gasteiger partial charge in [0.25, 0.3) is 0 Å². The third-order valence-electron chi connectivity index (χ3n) is 2.08. The van der Waals surface area contributed by atoms with E-state index in [2.05, 4.69) is 22.5 Å². The van der Waals surface area contributed by atoms with Crippen molar-refractivity contribution >= 4 is 35.1 Å². The van der Waals surface area contributed by atoms with Gasteiger partial charge in [0.2, 0.25) is 5.91 Å². The van der Waals surface area contributed by atoms with Crippen LogP contribution in [-0.4, -0.2) is 16.0 Å². The number of nitrogens with one attached hydrogen (secondary N) is 1. The molecule has 6 heteroatoms. The lowest BCUT2D eigenvalue weighted by atomic mass is 10.1. The van der Waals surface area contributed by atoms with Crippen LogP contribution in [0.1, 0.15) is 18.1 Å². The molecule has 1 heterocycles. The van der Waals surface area contributed by atoms with E-state index in [0.29, 0.717) is 5.82 Å². The van der Waals surface area contributed by atoms with Crippen molar-refractivity contribution in [1.29, 1.82) is 0 Å². The second-order valence-electron chi connectivity index (χ2n) is 3.35. The molecule has 0 fully saturated rings. The van der Waals surface area contributed by atoms with Gasteiger partial charge in [0.1, 0.15) is 5.82 Å². The fraction of sp³-hybridized carbons (Fsp3) is 0.182. The number of nitrogens with two attached hydrogens (primary N) is 2. The molecule has 90 valence electrons. The highest BCUT2D eigenvalue weighted by Gasteiger charge is 2.00. The number of amides is 1. The molecule has 17 heavy (non-hydrogen) atoms. The normalized spacial score (nSPS) is 10.4. The number of nitrogens with zero attached hydrogens (tertiary/aromatic N) is 1. The summed E-state index contributed by atoms with van der Waals surface area (Å²) in [4.78, 5) is 15.3. The van der Waals surface area contributed by atoms with E-state index >= 15 is 0 Å². The Hall–Kier alpha value is -1.95. The molecule has 0 unspecified atom stereocenters. The van der Waals surface area contributed by atoms with Crippen molar-refractivity contribution in [1.82, 2.24) is 10.3 Å². The maximum atomic E-state index is 11.2. The Kier molecular flexibility index (Phi) is 4.59. The van der Waals surface area contributed by atoms with Gasteiger partial charge >= 0.3 is 0 Å². The molecule has 0 saturated heterocycles. The predicted molar refractivity (Wildman–Crippen MR) is 72.0 cm³/mol. The fourth-order valence-electron chi connectivity index (χ4n) is 1.25. The minimum Gasteiger partial charge on any atom is -0.383 e. The molecule has 0 atom stereocenters. The maximum Gasteiger partial charge on any atom is 0.250 e. The summed E-state index contributed by atoms with van der Waals surface area (Å²) in [5.41, 5.74) is 12.6. The molecule has 0 aromatic carbocycles. The molecule has 0 radical (unpaired) electrons. The Morgan fingerprint density at radius 2 is 2.35 bits per heavy atom. The molecule has 5 N–H and O–H groups in total. The van der Waals surface area contributed by atoms with Crippen molar-refractivity contribution in [2.24, 2.45) is 5.73 Å². The van der Waals surface area contributed by atoms with E-state index in [4.69, 9.17) is 11.5 Å². The second-order valence-corrected chi connectivity index (χ2v) is 3.79. The van der Waals surface area contributed by atoms with Gasteiger partial charge in [0.05, 0.1) is 0 Å². The number of carbonyl (C=O) groups excluding carboxylic acids is 1. The average molecular weight is 250 g/mol. The van der Waals surface area contributed by atoms with E-state index in [0.717, 1.165) is 17.5 Å². The van der Waals surface area contributed by atoms with E-state index in [1.54, 1.807) is 12.3 Å². The Balaban J connectivity index is 2.78. The van der Waals surface area contributed by atoms with Crippen molar-refractivity contribution in [3.8, 4) is 0 Å². The number of hydrogen-bond donors (Lipinski definition) is 3. The number of rotatable bonds is 3. The van der Waals surface area contributed by atoms with Gasteiger partial charge in [0, 0.05) is 12.3 Å². The number of pyridine rings is 1. The van der Waals surface area contributed by atoms with Gasteiger partial charge in [-0.15, -0.1) is 0 Å². The minimum atomic E-state index is -0.368. The maximum absolute atomic E-state index is 11.2. The first-order chi connectivity index (χ1) is 8.02. The zero-order valence-corrected chi connectivity index (χ0v) is 10.3. The molecule has 0 bridgehead atoms. The van der Waals surface area contributed by atoms with Crippen molar-refractivity contribution < 1.29 is 4.79 Å². The SMILES string of the molecule is CCc1cc(/C=C/C(=O)NC(N)=S)cnc1N. The molecule has 0 aliphatic carbocycles. The fourth-order valence-corrected chi connectivity index (χ4v) is 1.35. The highest BCUT2D eigenvalue weighted by Crippen LogP contribution is 2.12. The molecule has 5 nitrogen and oxygen atoms in total. The van der Waals surface area contributed by atoms with Gasteiger partial charge in [-0.05, 0) is 41.9 Å². The lowest BCUT2D eigenvalue weighted by Crippen LogP contribution is -2.33. The zero-order valence-electron chi connectivity index (χ0n) is 9.43. The zero-order chi connectivity index (χ0) is 12.8. The molecule has 0 saturated carbocycles. The second kappa shape index (κ2) is 5.95. The quantitative estimate of drug-likeness (QED) is 0.539. The van der Waals surface area contributed by atoms with Crippen LogP contribution >= 0.6 is 12.2 Å². The number of anilines is 1. The topological polar surface area (TPSA) is 94.0 Å². The largest absolute Gasteiger partial charge is 0.383 e. The van der Waals surface area contributed by atoms with Gasteiger partial charge in [-0.3, -0.25) is 10.1 Å². The van der Waals surface area contributed by atoms with Crippen LogP contribution in [0.2, 0.25) is 0 Å². The van der Waals surface area contributed by atoms with E-state index in [1.807, 2.05) is 13.0 Å². The first-order valence-corrected chi connectivity index (χ1v) is 5.46. The Bertz CT molecular complexity index is 471. The van der Waals surface area contributed by atoms with Crippen LogP contribution < -0.4 is 16.8 Å². The van der Waals surface area contributed by atoms with Gasteiger partial charge in [-0.1, -0.05) is 6.92 Å². The molecule has 1 amide bonds. The van der Waals surface area contributed by atoms with Crippen LogP contribution in [0.3, 0.4) is 0 Å². The van der Waals surface area contributed by atoms with E-state index in [-0.39, 0.29) is 11.0 Å². The Labute approximate surface area is 105 Å². The van der Waals surface area contributed by atoms with Crippen molar-refractivity contribution in [3.05, 3.63) is 29.5 Å². The lowest BCUT2D eigenvalue weighted by molar-refractivity contribution is -0.115. The summed E-state index contributed by atoms with van der Waals surface area (Å²) in [6.45, 7) is 1.99. The summed E-state index contributed by atoms with van der Waals surface area (Å²) < 4.78 is 0. The molecule has 0 spiro atoms. The summed E-state index contributed by atoms with van der Waals surface area (Å²) in [5, 5.41) is 2.24. The monoisotopic (exact) mass is 250 g/mol. The first kappa shape index (κ1) is 13.1. The average Bonchev–Trinajstić information content (AvgIpc) is 2.27. The number of thiocarbonyl (C=S) groups is 1. The standard InChI is InChI=1S/C11H14N4OS/c1-2-8-5-7(6-14-10(8)12)3-4-9(16)15-11(13)17/h3-6H,2H2,1H3,(H2,12,14)(H3,13,15,16,17)/b4-3+. The van der Waals surface area contributed by atoms with Crippen molar-refractivity contribution in [2.45, 2.75) is 13.3 Å². The summed E-state index contributed by atoms with van der Waals surface area (Å²) in [7, 11) is 0. The van der Waals surface area contributed by atoms with E-state index in [9.17, 15) is 4.79 Å². The smallest absolute Gasteiger partial charge is 0.250 e. The minimum absolute atomic E-state index is 0.0515. The van der Waals surface area contributed by atoms with Crippen LogP contribution in [0, 0.1) is 0 Å². The van der Waals surface area contributed by atoms with E-state index < -0.39 is 0 Å². The molecule has 1 aromatic heterocycles. The molecule has 1 aromatic rings.